The van der Waals surface area contributed by atoms with Crippen LogP contribution in [0.3, 0.4) is 0 Å². The van der Waals surface area contributed by atoms with Gasteiger partial charge in [0.05, 0.1) is 17.8 Å². The lowest BCUT2D eigenvalue weighted by atomic mass is 10.1. The van der Waals surface area contributed by atoms with Crippen molar-refractivity contribution in [2.75, 3.05) is 19.6 Å². The highest BCUT2D eigenvalue weighted by molar-refractivity contribution is 4.78. The minimum atomic E-state index is -0.600. The quantitative estimate of drug-likeness (QED) is 0.696. The molecule has 1 aliphatic heterocycles. The molecule has 1 N–H and O–H groups in total. The van der Waals surface area contributed by atoms with Crippen molar-refractivity contribution in [2.24, 2.45) is 0 Å². The Morgan fingerprint density at radius 1 is 1.31 bits per heavy atom. The van der Waals surface area contributed by atoms with Gasteiger partial charge in [-0.05, 0) is 27.7 Å². The van der Waals surface area contributed by atoms with Gasteiger partial charge in [0.25, 0.3) is 0 Å². The summed E-state index contributed by atoms with van der Waals surface area (Å²) in [5.74, 6) is 0. The fraction of sp³-hybridized carbons (Fsp3) is 1.00. The van der Waals surface area contributed by atoms with Gasteiger partial charge >= 0.3 is 0 Å². The molecule has 0 aromatic heterocycles. The minimum Gasteiger partial charge on any atom is -0.389 e. The van der Waals surface area contributed by atoms with Crippen LogP contribution in [-0.4, -0.2) is 47.4 Å². The zero-order valence-electron chi connectivity index (χ0n) is 9.08. The smallest absolute Gasteiger partial charge is 0.0718 e. The zero-order chi connectivity index (χ0) is 10.1. The molecule has 0 aromatic carbocycles. The number of β-amino-alcohol motifs (C(OH)–C–C–N with tert-alkyl or cyclic N) is 1. The molecule has 1 saturated heterocycles. The highest BCUT2D eigenvalue weighted by Crippen LogP contribution is 2.13. The number of rotatable bonds is 2. The molecular weight excluding hydrogens is 166 g/mol. The molecule has 13 heavy (non-hydrogen) atoms. The summed E-state index contributed by atoms with van der Waals surface area (Å²) in [5, 5.41) is 9.66. The van der Waals surface area contributed by atoms with Crippen LogP contribution in [0.2, 0.25) is 0 Å². The van der Waals surface area contributed by atoms with Gasteiger partial charge in [-0.2, -0.15) is 0 Å². The van der Waals surface area contributed by atoms with E-state index in [-0.39, 0.29) is 12.2 Å². The maximum absolute atomic E-state index is 9.66. The van der Waals surface area contributed by atoms with Crippen molar-refractivity contribution >= 4 is 0 Å². The number of morpholine rings is 1. The van der Waals surface area contributed by atoms with Crippen LogP contribution in [0.1, 0.15) is 27.7 Å². The molecule has 1 aliphatic rings. The molecule has 0 saturated carbocycles. The first-order valence-corrected chi connectivity index (χ1v) is 4.97. The number of hydrogen-bond acceptors (Lipinski definition) is 3. The van der Waals surface area contributed by atoms with Crippen molar-refractivity contribution in [3.8, 4) is 0 Å². The van der Waals surface area contributed by atoms with Gasteiger partial charge in [0, 0.05) is 19.6 Å². The molecule has 0 unspecified atom stereocenters. The molecule has 0 amide bonds. The van der Waals surface area contributed by atoms with Crippen LogP contribution in [0, 0.1) is 0 Å². The fourth-order valence-corrected chi connectivity index (χ4v) is 1.96. The maximum atomic E-state index is 9.66. The third-order valence-corrected chi connectivity index (χ3v) is 2.11. The summed E-state index contributed by atoms with van der Waals surface area (Å²) >= 11 is 0. The van der Waals surface area contributed by atoms with E-state index in [9.17, 15) is 5.11 Å². The van der Waals surface area contributed by atoms with Gasteiger partial charge in [-0.15, -0.1) is 0 Å². The molecule has 0 aromatic rings. The van der Waals surface area contributed by atoms with Crippen LogP contribution >= 0.6 is 0 Å². The summed E-state index contributed by atoms with van der Waals surface area (Å²) in [6.07, 6.45) is 0.567. The van der Waals surface area contributed by atoms with Crippen molar-refractivity contribution in [3.63, 3.8) is 0 Å². The summed E-state index contributed by atoms with van der Waals surface area (Å²) in [7, 11) is 0. The van der Waals surface area contributed by atoms with Crippen molar-refractivity contribution < 1.29 is 9.84 Å². The first kappa shape index (κ1) is 11.0. The Kier molecular flexibility index (Phi) is 3.33. The maximum Gasteiger partial charge on any atom is 0.0718 e. The van der Waals surface area contributed by atoms with Gasteiger partial charge in [-0.1, -0.05) is 0 Å². The van der Waals surface area contributed by atoms with Gasteiger partial charge in [-0.3, -0.25) is 4.90 Å². The van der Waals surface area contributed by atoms with Crippen LogP contribution in [-0.2, 0) is 4.74 Å². The number of nitrogens with zero attached hydrogens (tertiary/aromatic N) is 1. The van der Waals surface area contributed by atoms with Crippen LogP contribution in [0.5, 0.6) is 0 Å². The summed E-state index contributed by atoms with van der Waals surface area (Å²) in [6, 6.07) is 0. The normalized spacial score (nSPS) is 32.1. The van der Waals surface area contributed by atoms with Crippen LogP contribution in [0.4, 0.5) is 0 Å². The summed E-state index contributed by atoms with van der Waals surface area (Å²) < 4.78 is 5.61. The molecule has 0 bridgehead atoms. The predicted octanol–water partition coefficient (Wildman–Crippen LogP) is 0.866. The molecule has 3 nitrogen and oxygen atoms in total. The van der Waals surface area contributed by atoms with Crippen LogP contribution in [0.25, 0.3) is 0 Å². The summed E-state index contributed by atoms with van der Waals surface area (Å²) in [5.41, 5.74) is -0.600. The Morgan fingerprint density at radius 2 is 1.77 bits per heavy atom. The van der Waals surface area contributed by atoms with Gasteiger partial charge in [-0.25, -0.2) is 0 Å². The molecular formula is C10H21NO2. The minimum absolute atomic E-state index is 0.283. The van der Waals surface area contributed by atoms with Crippen molar-refractivity contribution in [1.82, 2.24) is 4.90 Å². The summed E-state index contributed by atoms with van der Waals surface area (Å²) in [4.78, 5) is 2.26. The Bertz CT molecular complexity index is 155. The molecule has 0 spiro atoms. The number of ether oxygens (including phenoxy) is 1. The molecule has 1 rings (SSSR count). The third kappa shape index (κ3) is 4.07. The Morgan fingerprint density at radius 3 is 2.15 bits per heavy atom. The second-order valence-corrected chi connectivity index (χ2v) is 4.76. The van der Waals surface area contributed by atoms with Gasteiger partial charge < -0.3 is 9.84 Å². The lowest BCUT2D eigenvalue weighted by Gasteiger charge is -2.38. The van der Waals surface area contributed by atoms with Crippen molar-refractivity contribution in [2.45, 2.75) is 45.5 Å². The highest BCUT2D eigenvalue weighted by atomic mass is 16.5. The second-order valence-electron chi connectivity index (χ2n) is 4.76. The van der Waals surface area contributed by atoms with Gasteiger partial charge in [0.1, 0.15) is 0 Å². The molecule has 3 heteroatoms. The molecule has 2 atom stereocenters. The van der Waals surface area contributed by atoms with E-state index in [4.69, 9.17) is 4.74 Å². The van der Waals surface area contributed by atoms with E-state index in [1.165, 1.54) is 0 Å². The molecule has 1 heterocycles. The van der Waals surface area contributed by atoms with E-state index >= 15 is 0 Å². The lowest BCUT2D eigenvalue weighted by Crippen LogP contribution is -2.50. The first-order valence-electron chi connectivity index (χ1n) is 4.97. The topological polar surface area (TPSA) is 32.7 Å². The second kappa shape index (κ2) is 3.95. The van der Waals surface area contributed by atoms with Gasteiger partial charge in [0.15, 0.2) is 0 Å². The summed E-state index contributed by atoms with van der Waals surface area (Å²) in [6.45, 7) is 10.4. The first-order chi connectivity index (χ1) is 5.87. The van der Waals surface area contributed by atoms with E-state index in [1.807, 2.05) is 13.8 Å². The Hall–Kier alpha value is -0.120. The number of aliphatic hydroxyl groups is 1. The predicted molar refractivity (Wildman–Crippen MR) is 52.7 cm³/mol. The lowest BCUT2D eigenvalue weighted by molar-refractivity contribution is -0.0858. The van der Waals surface area contributed by atoms with Crippen LogP contribution in [0.15, 0.2) is 0 Å². The number of hydrogen-bond donors (Lipinski definition) is 1. The molecule has 78 valence electrons. The standard InChI is InChI=1S/C10H21NO2/c1-8-5-11(6-9(2)13-8)7-10(3,4)12/h8-9,12H,5-7H2,1-4H3/t8-,9-/m1/s1. The van der Waals surface area contributed by atoms with Crippen molar-refractivity contribution in [1.29, 1.82) is 0 Å². The average molecular weight is 187 g/mol. The van der Waals surface area contributed by atoms with Crippen molar-refractivity contribution in [3.05, 3.63) is 0 Å². The fourth-order valence-electron chi connectivity index (χ4n) is 1.96. The monoisotopic (exact) mass is 187 g/mol. The third-order valence-electron chi connectivity index (χ3n) is 2.11. The van der Waals surface area contributed by atoms with E-state index in [0.717, 1.165) is 19.6 Å². The zero-order valence-corrected chi connectivity index (χ0v) is 9.08. The Labute approximate surface area is 80.7 Å². The van der Waals surface area contributed by atoms with E-state index < -0.39 is 5.60 Å². The largest absolute Gasteiger partial charge is 0.389 e. The molecule has 0 radical (unpaired) electrons. The highest BCUT2D eigenvalue weighted by Gasteiger charge is 2.26. The van der Waals surface area contributed by atoms with Crippen LogP contribution < -0.4 is 0 Å². The van der Waals surface area contributed by atoms with E-state index in [0.29, 0.717) is 0 Å². The Balaban J connectivity index is 2.42. The molecule has 0 aliphatic carbocycles. The SMILES string of the molecule is C[C@@H]1CN(CC(C)(C)O)C[C@@H](C)O1. The van der Waals surface area contributed by atoms with Gasteiger partial charge in [0.2, 0.25) is 0 Å². The molecule has 1 fully saturated rings. The van der Waals surface area contributed by atoms with E-state index in [2.05, 4.69) is 18.7 Å². The average Bonchev–Trinajstić information content (AvgIpc) is 1.78. The van der Waals surface area contributed by atoms with E-state index in [1.54, 1.807) is 0 Å².